The molecule has 0 amide bonds. The Balaban J connectivity index is 1.89. The first-order valence-electron chi connectivity index (χ1n) is 7.45. The van der Waals surface area contributed by atoms with E-state index in [4.69, 9.17) is 10.5 Å². The van der Waals surface area contributed by atoms with Gasteiger partial charge in [-0.3, -0.25) is 4.99 Å². The molecular weight excluding hydrogens is 250 g/mol. The van der Waals surface area contributed by atoms with Crippen molar-refractivity contribution in [2.24, 2.45) is 16.6 Å². The minimum atomic E-state index is 0.203. The summed E-state index contributed by atoms with van der Waals surface area (Å²) in [7, 11) is 0. The normalized spacial score (nSPS) is 18.6. The van der Waals surface area contributed by atoms with Gasteiger partial charge >= 0.3 is 0 Å². The van der Waals surface area contributed by atoms with Gasteiger partial charge in [-0.2, -0.15) is 0 Å². The Bertz CT molecular complexity index is 457. The number of para-hydroxylation sites is 1. The molecule has 1 aromatic carbocycles. The number of nitrogens with two attached hydrogens (primary N) is 1. The Morgan fingerprint density at radius 3 is 3.05 bits per heavy atom. The summed E-state index contributed by atoms with van der Waals surface area (Å²) in [6, 6.07) is 8.30. The Morgan fingerprint density at radius 1 is 1.45 bits per heavy atom. The van der Waals surface area contributed by atoms with Crippen LogP contribution in [0.4, 0.5) is 0 Å². The second kappa shape index (κ2) is 7.17. The van der Waals surface area contributed by atoms with Gasteiger partial charge in [-0.05, 0) is 24.8 Å². The number of guanidine groups is 1. The van der Waals surface area contributed by atoms with Crippen molar-refractivity contribution in [2.75, 3.05) is 13.2 Å². The summed E-state index contributed by atoms with van der Waals surface area (Å²) in [5, 5.41) is 3.31. The topological polar surface area (TPSA) is 59.6 Å². The highest BCUT2D eigenvalue weighted by Crippen LogP contribution is 2.31. The van der Waals surface area contributed by atoms with E-state index in [-0.39, 0.29) is 6.04 Å². The van der Waals surface area contributed by atoms with Gasteiger partial charge in [0, 0.05) is 18.5 Å². The Labute approximate surface area is 121 Å². The van der Waals surface area contributed by atoms with E-state index in [0.717, 1.165) is 37.7 Å². The fourth-order valence-electron chi connectivity index (χ4n) is 2.42. The molecule has 0 bridgehead atoms. The van der Waals surface area contributed by atoms with Gasteiger partial charge in [0.2, 0.25) is 0 Å². The Hall–Kier alpha value is -1.71. The van der Waals surface area contributed by atoms with E-state index in [9.17, 15) is 0 Å². The molecule has 4 heteroatoms. The molecule has 1 aliphatic rings. The summed E-state index contributed by atoms with van der Waals surface area (Å²) in [5.74, 6) is 2.21. The van der Waals surface area contributed by atoms with Gasteiger partial charge in [0.15, 0.2) is 5.96 Å². The first kappa shape index (κ1) is 14.7. The number of benzene rings is 1. The van der Waals surface area contributed by atoms with Crippen molar-refractivity contribution in [2.45, 2.75) is 39.2 Å². The van der Waals surface area contributed by atoms with Gasteiger partial charge in [-0.15, -0.1) is 0 Å². The van der Waals surface area contributed by atoms with Crippen LogP contribution < -0.4 is 15.8 Å². The number of fused-ring (bicyclic) bond motifs is 1. The van der Waals surface area contributed by atoms with Crippen molar-refractivity contribution >= 4 is 5.96 Å². The lowest BCUT2D eigenvalue weighted by molar-refractivity contribution is 0.262. The molecule has 0 aromatic heterocycles. The zero-order valence-electron chi connectivity index (χ0n) is 12.4. The van der Waals surface area contributed by atoms with Crippen molar-refractivity contribution in [1.82, 2.24) is 5.32 Å². The lowest BCUT2D eigenvalue weighted by Gasteiger charge is -2.26. The molecule has 2 rings (SSSR count). The summed E-state index contributed by atoms with van der Waals surface area (Å²) >= 11 is 0. The van der Waals surface area contributed by atoms with Crippen LogP contribution in [0.1, 0.15) is 44.7 Å². The van der Waals surface area contributed by atoms with E-state index in [1.807, 2.05) is 18.2 Å². The van der Waals surface area contributed by atoms with Gasteiger partial charge in [0.05, 0.1) is 12.6 Å². The molecule has 0 spiro atoms. The van der Waals surface area contributed by atoms with Crippen molar-refractivity contribution in [3.05, 3.63) is 29.8 Å². The van der Waals surface area contributed by atoms with E-state index >= 15 is 0 Å². The number of nitrogens with one attached hydrogen (secondary N) is 1. The van der Waals surface area contributed by atoms with Gasteiger partial charge in [-0.1, -0.05) is 32.0 Å². The van der Waals surface area contributed by atoms with Crippen LogP contribution in [0.15, 0.2) is 29.3 Å². The number of aliphatic imine (C=N–C) groups is 1. The first-order valence-corrected chi connectivity index (χ1v) is 7.45. The minimum Gasteiger partial charge on any atom is -0.493 e. The van der Waals surface area contributed by atoms with Crippen LogP contribution in [0.2, 0.25) is 0 Å². The van der Waals surface area contributed by atoms with Crippen LogP contribution in [0.25, 0.3) is 0 Å². The van der Waals surface area contributed by atoms with Crippen LogP contribution in [-0.2, 0) is 0 Å². The number of hydrogen-bond acceptors (Lipinski definition) is 2. The van der Waals surface area contributed by atoms with Gasteiger partial charge < -0.3 is 15.8 Å². The summed E-state index contributed by atoms with van der Waals surface area (Å²) in [6.07, 6.45) is 3.19. The van der Waals surface area contributed by atoms with Crippen molar-refractivity contribution in [3.63, 3.8) is 0 Å². The first-order chi connectivity index (χ1) is 9.66. The van der Waals surface area contributed by atoms with Crippen LogP contribution in [-0.4, -0.2) is 19.1 Å². The Morgan fingerprint density at radius 2 is 2.25 bits per heavy atom. The molecule has 1 aliphatic heterocycles. The monoisotopic (exact) mass is 275 g/mol. The van der Waals surface area contributed by atoms with Crippen LogP contribution in [0, 0.1) is 5.92 Å². The van der Waals surface area contributed by atoms with Crippen molar-refractivity contribution in [3.8, 4) is 5.75 Å². The molecule has 1 atom stereocenters. The molecule has 1 aromatic rings. The van der Waals surface area contributed by atoms with E-state index in [1.165, 1.54) is 12.0 Å². The van der Waals surface area contributed by atoms with Crippen molar-refractivity contribution in [1.29, 1.82) is 0 Å². The smallest absolute Gasteiger partial charge is 0.189 e. The van der Waals surface area contributed by atoms with Gasteiger partial charge in [0.1, 0.15) is 5.75 Å². The minimum absolute atomic E-state index is 0.203. The van der Waals surface area contributed by atoms with Crippen molar-refractivity contribution < 1.29 is 4.74 Å². The number of nitrogens with zero attached hydrogens (tertiary/aromatic N) is 1. The predicted octanol–water partition coefficient (Wildman–Crippen LogP) is 2.85. The van der Waals surface area contributed by atoms with Crippen LogP contribution >= 0.6 is 0 Å². The van der Waals surface area contributed by atoms with E-state index in [1.54, 1.807) is 0 Å². The number of hydrogen-bond donors (Lipinski definition) is 2. The second-order valence-corrected chi connectivity index (χ2v) is 5.67. The molecular formula is C16H25N3O. The van der Waals surface area contributed by atoms with E-state index in [0.29, 0.717) is 5.96 Å². The number of ether oxygens (including phenoxy) is 1. The molecule has 1 heterocycles. The number of rotatable bonds is 5. The second-order valence-electron chi connectivity index (χ2n) is 5.67. The molecule has 4 nitrogen and oxygen atoms in total. The highest BCUT2D eigenvalue weighted by atomic mass is 16.5. The quantitative estimate of drug-likeness (QED) is 0.493. The van der Waals surface area contributed by atoms with Gasteiger partial charge in [0.25, 0.3) is 0 Å². The Kier molecular flexibility index (Phi) is 5.27. The third kappa shape index (κ3) is 4.15. The summed E-state index contributed by atoms with van der Waals surface area (Å²) in [4.78, 5) is 4.41. The third-order valence-electron chi connectivity index (χ3n) is 3.50. The zero-order chi connectivity index (χ0) is 14.4. The fraction of sp³-hybridized carbons (Fsp3) is 0.562. The summed E-state index contributed by atoms with van der Waals surface area (Å²) < 4.78 is 5.64. The van der Waals surface area contributed by atoms with Crippen LogP contribution in [0.3, 0.4) is 0 Å². The predicted molar refractivity (Wildman–Crippen MR) is 83.0 cm³/mol. The molecule has 3 N–H and O–H groups in total. The summed E-state index contributed by atoms with van der Waals surface area (Å²) in [5.41, 5.74) is 7.14. The highest BCUT2D eigenvalue weighted by Gasteiger charge is 2.20. The average molecular weight is 275 g/mol. The maximum absolute atomic E-state index is 5.98. The van der Waals surface area contributed by atoms with Crippen LogP contribution in [0.5, 0.6) is 5.75 Å². The molecule has 0 fully saturated rings. The fourth-order valence-corrected chi connectivity index (χ4v) is 2.42. The highest BCUT2D eigenvalue weighted by molar-refractivity contribution is 5.78. The lowest BCUT2D eigenvalue weighted by atomic mass is 10.0. The molecule has 0 saturated carbocycles. The summed E-state index contributed by atoms with van der Waals surface area (Å²) in [6.45, 7) is 5.96. The lowest BCUT2D eigenvalue weighted by Crippen LogP contribution is -2.37. The molecule has 110 valence electrons. The zero-order valence-corrected chi connectivity index (χ0v) is 12.4. The van der Waals surface area contributed by atoms with E-state index < -0.39 is 0 Å². The molecule has 1 unspecified atom stereocenters. The SMILES string of the molecule is CC(C)CCCN=C(N)NC1CCOc2ccccc21. The molecule has 0 radical (unpaired) electrons. The standard InChI is InChI=1S/C16H25N3O/c1-12(2)6-5-10-18-16(17)19-14-9-11-20-15-8-4-3-7-13(14)15/h3-4,7-8,12,14H,5-6,9-11H2,1-2H3,(H3,17,18,19). The molecule has 0 saturated heterocycles. The largest absolute Gasteiger partial charge is 0.493 e. The molecule has 20 heavy (non-hydrogen) atoms. The molecule has 0 aliphatic carbocycles. The third-order valence-corrected chi connectivity index (χ3v) is 3.50. The maximum Gasteiger partial charge on any atom is 0.189 e. The van der Waals surface area contributed by atoms with Gasteiger partial charge in [-0.25, -0.2) is 0 Å². The average Bonchev–Trinajstić information content (AvgIpc) is 2.44. The maximum atomic E-state index is 5.98. The van der Waals surface area contributed by atoms with E-state index in [2.05, 4.69) is 30.2 Å².